The third-order valence-electron chi connectivity index (χ3n) is 3.65. The van der Waals surface area contributed by atoms with Gasteiger partial charge in [-0.2, -0.15) is 0 Å². The fraction of sp³-hybridized carbons (Fsp3) is 0.500. The van der Waals surface area contributed by atoms with Crippen LogP contribution in [0.25, 0.3) is 0 Å². The van der Waals surface area contributed by atoms with E-state index in [0.29, 0.717) is 6.54 Å². The zero-order valence-electron chi connectivity index (χ0n) is 11.2. The molecule has 0 bridgehead atoms. The van der Waals surface area contributed by atoms with Gasteiger partial charge in [0.25, 0.3) is 5.91 Å². The normalized spacial score (nSPS) is 11.4. The van der Waals surface area contributed by atoms with Crippen molar-refractivity contribution >= 4 is 17.5 Å². The first-order valence-electron chi connectivity index (χ1n) is 6.32. The largest absolute Gasteiger partial charge is 0.396 e. The number of carbonyl (C=O) groups is 1. The summed E-state index contributed by atoms with van der Waals surface area (Å²) < 4.78 is 13.6. The second-order valence-corrected chi connectivity index (χ2v) is 5.05. The predicted octanol–water partition coefficient (Wildman–Crippen LogP) is 3.01. The molecule has 0 radical (unpaired) electrons. The Labute approximate surface area is 117 Å². The summed E-state index contributed by atoms with van der Waals surface area (Å²) in [5.74, 6) is -1.20. The molecule has 1 aromatic carbocycles. The molecule has 0 heterocycles. The van der Waals surface area contributed by atoms with E-state index in [1.807, 2.05) is 13.8 Å². The molecule has 2 N–H and O–H groups in total. The Morgan fingerprint density at radius 1 is 1.42 bits per heavy atom. The van der Waals surface area contributed by atoms with E-state index in [2.05, 4.69) is 5.32 Å². The lowest BCUT2D eigenvalue weighted by atomic mass is 9.83. The van der Waals surface area contributed by atoms with Gasteiger partial charge in [0, 0.05) is 12.0 Å². The lowest BCUT2D eigenvalue weighted by Crippen LogP contribution is -2.39. The van der Waals surface area contributed by atoms with Gasteiger partial charge in [-0.15, -0.1) is 0 Å². The van der Waals surface area contributed by atoms with E-state index in [9.17, 15) is 14.3 Å². The van der Waals surface area contributed by atoms with Crippen LogP contribution < -0.4 is 5.32 Å². The van der Waals surface area contributed by atoms with Crippen LogP contribution in [0.5, 0.6) is 0 Å². The molecule has 1 amide bonds. The van der Waals surface area contributed by atoms with Gasteiger partial charge in [-0.05, 0) is 25.0 Å². The Kier molecular flexibility index (Phi) is 5.76. The summed E-state index contributed by atoms with van der Waals surface area (Å²) in [5.41, 5.74) is -0.517. The van der Waals surface area contributed by atoms with E-state index in [1.54, 1.807) is 0 Å². The molecule has 0 saturated heterocycles. The van der Waals surface area contributed by atoms with Crippen LogP contribution in [0.15, 0.2) is 18.2 Å². The number of aliphatic hydroxyl groups excluding tert-OH is 1. The number of halogens is 2. The molecular formula is C14H19ClFNO2. The monoisotopic (exact) mass is 287 g/mol. The molecule has 0 atom stereocenters. The summed E-state index contributed by atoms with van der Waals surface area (Å²) in [6, 6.07) is 4.11. The molecule has 106 valence electrons. The molecule has 3 nitrogen and oxygen atoms in total. The summed E-state index contributed by atoms with van der Waals surface area (Å²) in [7, 11) is 0. The number of aliphatic hydroxyl groups is 1. The van der Waals surface area contributed by atoms with Crippen LogP contribution >= 0.6 is 11.6 Å². The summed E-state index contributed by atoms with van der Waals surface area (Å²) in [5, 5.41) is 12.2. The van der Waals surface area contributed by atoms with Gasteiger partial charge in [-0.3, -0.25) is 4.79 Å². The maximum atomic E-state index is 13.6. The third kappa shape index (κ3) is 3.67. The van der Waals surface area contributed by atoms with Crippen LogP contribution in [0.3, 0.4) is 0 Å². The van der Waals surface area contributed by atoms with Crippen molar-refractivity contribution in [2.45, 2.75) is 26.7 Å². The van der Waals surface area contributed by atoms with Crippen molar-refractivity contribution < 1.29 is 14.3 Å². The number of carbonyl (C=O) groups excluding carboxylic acids is 1. The topological polar surface area (TPSA) is 49.3 Å². The minimum Gasteiger partial charge on any atom is -0.396 e. The van der Waals surface area contributed by atoms with E-state index in [4.69, 9.17) is 11.6 Å². The minimum absolute atomic E-state index is 0.0225. The lowest BCUT2D eigenvalue weighted by molar-refractivity contribution is 0.0848. The molecule has 0 aromatic heterocycles. The fourth-order valence-electron chi connectivity index (χ4n) is 1.85. The zero-order chi connectivity index (χ0) is 14.5. The molecule has 0 aliphatic carbocycles. The highest BCUT2D eigenvalue weighted by molar-refractivity contribution is 6.33. The Hall–Kier alpha value is -1.13. The van der Waals surface area contributed by atoms with Gasteiger partial charge in [0.2, 0.25) is 0 Å². The zero-order valence-corrected chi connectivity index (χ0v) is 11.9. The lowest BCUT2D eigenvalue weighted by Gasteiger charge is -2.29. The SMILES string of the molecule is CCC(CC)(CO)CNC(=O)c1c(F)cccc1Cl. The molecule has 0 saturated carbocycles. The number of nitrogens with one attached hydrogen (secondary N) is 1. The van der Waals surface area contributed by atoms with Crippen LogP contribution in [-0.4, -0.2) is 24.2 Å². The first-order chi connectivity index (χ1) is 8.99. The maximum absolute atomic E-state index is 13.6. The molecule has 19 heavy (non-hydrogen) atoms. The molecule has 0 fully saturated rings. The van der Waals surface area contributed by atoms with Gasteiger partial charge in [0.05, 0.1) is 17.2 Å². The van der Waals surface area contributed by atoms with E-state index >= 15 is 0 Å². The Balaban J connectivity index is 2.81. The van der Waals surface area contributed by atoms with E-state index in [0.717, 1.165) is 12.8 Å². The molecule has 0 spiro atoms. The standard InChI is InChI=1S/C14H19ClFNO2/c1-3-14(4-2,9-18)8-17-13(19)12-10(15)6-5-7-11(12)16/h5-7,18H,3-4,8-9H2,1-2H3,(H,17,19). The van der Waals surface area contributed by atoms with Gasteiger partial charge in [-0.25, -0.2) is 4.39 Å². The summed E-state index contributed by atoms with van der Waals surface area (Å²) in [6.07, 6.45) is 1.45. The van der Waals surface area contributed by atoms with Crippen LogP contribution in [0.1, 0.15) is 37.0 Å². The van der Waals surface area contributed by atoms with Gasteiger partial charge in [-0.1, -0.05) is 31.5 Å². The van der Waals surface area contributed by atoms with Gasteiger partial charge < -0.3 is 10.4 Å². The quantitative estimate of drug-likeness (QED) is 0.845. The first-order valence-corrected chi connectivity index (χ1v) is 6.70. The highest BCUT2D eigenvalue weighted by Crippen LogP contribution is 2.25. The van der Waals surface area contributed by atoms with E-state index < -0.39 is 11.7 Å². The molecule has 5 heteroatoms. The van der Waals surface area contributed by atoms with Crippen LogP contribution in [0.2, 0.25) is 5.02 Å². The van der Waals surface area contributed by atoms with Crippen molar-refractivity contribution in [3.05, 3.63) is 34.6 Å². The number of amides is 1. The predicted molar refractivity (Wildman–Crippen MR) is 73.8 cm³/mol. The summed E-state index contributed by atoms with van der Waals surface area (Å²) >= 11 is 5.83. The molecular weight excluding hydrogens is 269 g/mol. The molecule has 0 aliphatic heterocycles. The van der Waals surface area contributed by atoms with E-state index in [-0.39, 0.29) is 22.6 Å². The number of rotatable bonds is 6. The summed E-state index contributed by atoms with van der Waals surface area (Å²) in [6.45, 7) is 4.16. The van der Waals surface area contributed by atoms with Crippen molar-refractivity contribution in [1.82, 2.24) is 5.32 Å². The molecule has 1 rings (SSSR count). The minimum atomic E-state index is -0.646. The second-order valence-electron chi connectivity index (χ2n) is 4.64. The van der Waals surface area contributed by atoms with Crippen molar-refractivity contribution in [3.8, 4) is 0 Å². The van der Waals surface area contributed by atoms with E-state index in [1.165, 1.54) is 18.2 Å². The number of hydrogen-bond donors (Lipinski definition) is 2. The summed E-state index contributed by atoms with van der Waals surface area (Å²) in [4.78, 5) is 12.0. The van der Waals surface area contributed by atoms with Crippen molar-refractivity contribution in [1.29, 1.82) is 0 Å². The Bertz CT molecular complexity index is 419. The number of hydrogen-bond acceptors (Lipinski definition) is 2. The van der Waals surface area contributed by atoms with Gasteiger partial charge >= 0.3 is 0 Å². The average molecular weight is 288 g/mol. The van der Waals surface area contributed by atoms with Crippen molar-refractivity contribution in [3.63, 3.8) is 0 Å². The van der Waals surface area contributed by atoms with Crippen LogP contribution in [-0.2, 0) is 0 Å². The Morgan fingerprint density at radius 3 is 2.53 bits per heavy atom. The average Bonchev–Trinajstić information content (AvgIpc) is 2.41. The smallest absolute Gasteiger partial charge is 0.255 e. The fourth-order valence-corrected chi connectivity index (χ4v) is 2.10. The van der Waals surface area contributed by atoms with Crippen molar-refractivity contribution in [2.75, 3.05) is 13.2 Å². The third-order valence-corrected chi connectivity index (χ3v) is 3.96. The molecule has 1 aromatic rings. The van der Waals surface area contributed by atoms with Crippen LogP contribution in [0.4, 0.5) is 4.39 Å². The van der Waals surface area contributed by atoms with Crippen LogP contribution in [0, 0.1) is 11.2 Å². The highest BCUT2D eigenvalue weighted by Gasteiger charge is 2.26. The molecule has 0 unspecified atom stereocenters. The number of benzene rings is 1. The highest BCUT2D eigenvalue weighted by atomic mass is 35.5. The maximum Gasteiger partial charge on any atom is 0.255 e. The van der Waals surface area contributed by atoms with Gasteiger partial charge in [0.15, 0.2) is 0 Å². The second kappa shape index (κ2) is 6.87. The molecule has 0 aliphatic rings. The Morgan fingerprint density at radius 2 is 2.05 bits per heavy atom. The van der Waals surface area contributed by atoms with Crippen molar-refractivity contribution in [2.24, 2.45) is 5.41 Å². The first kappa shape index (κ1) is 15.9. The van der Waals surface area contributed by atoms with Gasteiger partial charge in [0.1, 0.15) is 5.82 Å².